The Kier molecular flexibility index (Phi) is 5.41. The number of amides is 3. The number of ether oxygens (including phenoxy) is 3. The van der Waals surface area contributed by atoms with Gasteiger partial charge in [0.25, 0.3) is 17.7 Å². The Balaban J connectivity index is 1.51. The highest BCUT2D eigenvalue weighted by Gasteiger charge is 2.37. The maximum atomic E-state index is 12.8. The number of hydrogen-bond acceptors (Lipinski definition) is 6. The van der Waals surface area contributed by atoms with E-state index in [9.17, 15) is 14.4 Å². The molecule has 2 heterocycles. The zero-order valence-corrected chi connectivity index (χ0v) is 16.8. The molecule has 0 saturated carbocycles. The normalized spacial score (nSPS) is 17.8. The van der Waals surface area contributed by atoms with Gasteiger partial charge in [-0.15, -0.1) is 0 Å². The maximum Gasteiger partial charge on any atom is 0.261 e. The Bertz CT molecular complexity index is 1010. The van der Waals surface area contributed by atoms with Gasteiger partial charge in [-0.25, -0.2) is 0 Å². The van der Waals surface area contributed by atoms with Gasteiger partial charge in [-0.05, 0) is 49.2 Å². The van der Waals surface area contributed by atoms with Gasteiger partial charge in [-0.1, -0.05) is 0 Å². The van der Waals surface area contributed by atoms with Crippen molar-refractivity contribution in [1.82, 2.24) is 4.90 Å². The van der Waals surface area contributed by atoms with Gasteiger partial charge in [0.05, 0.1) is 38.0 Å². The fourth-order valence-electron chi connectivity index (χ4n) is 3.71. The lowest BCUT2D eigenvalue weighted by atomic mass is 10.1. The quantitative estimate of drug-likeness (QED) is 0.736. The average Bonchev–Trinajstić information content (AvgIpc) is 3.36. The van der Waals surface area contributed by atoms with E-state index in [0.29, 0.717) is 34.9 Å². The number of nitrogens with one attached hydrogen (secondary N) is 1. The first-order valence-corrected chi connectivity index (χ1v) is 9.67. The van der Waals surface area contributed by atoms with E-state index in [2.05, 4.69) is 5.32 Å². The lowest BCUT2D eigenvalue weighted by Gasteiger charge is -2.17. The average molecular weight is 410 g/mol. The number of fused-ring (bicyclic) bond motifs is 1. The van der Waals surface area contributed by atoms with Crippen LogP contribution >= 0.6 is 0 Å². The largest absolute Gasteiger partial charge is 0.493 e. The van der Waals surface area contributed by atoms with Crippen LogP contribution in [0.4, 0.5) is 5.69 Å². The second-order valence-electron chi connectivity index (χ2n) is 7.14. The minimum atomic E-state index is -0.371. The van der Waals surface area contributed by atoms with E-state index in [0.717, 1.165) is 12.8 Å². The number of nitrogens with zero attached hydrogens (tertiary/aromatic N) is 1. The van der Waals surface area contributed by atoms with Crippen molar-refractivity contribution < 1.29 is 28.6 Å². The molecule has 2 aliphatic rings. The van der Waals surface area contributed by atoms with Crippen LogP contribution in [0.15, 0.2) is 36.4 Å². The van der Waals surface area contributed by atoms with Crippen molar-refractivity contribution in [2.24, 2.45) is 0 Å². The molecular weight excluding hydrogens is 388 g/mol. The molecule has 2 aromatic carbocycles. The van der Waals surface area contributed by atoms with Crippen molar-refractivity contribution in [3.63, 3.8) is 0 Å². The van der Waals surface area contributed by atoms with E-state index >= 15 is 0 Å². The second-order valence-corrected chi connectivity index (χ2v) is 7.14. The predicted octanol–water partition coefficient (Wildman–Crippen LogP) is 2.73. The molecule has 3 amide bonds. The molecule has 0 aromatic heterocycles. The summed E-state index contributed by atoms with van der Waals surface area (Å²) < 4.78 is 16.0. The van der Waals surface area contributed by atoms with Crippen LogP contribution in [0.2, 0.25) is 0 Å². The molecule has 0 spiro atoms. The number of imide groups is 1. The van der Waals surface area contributed by atoms with Gasteiger partial charge in [0.1, 0.15) is 0 Å². The lowest BCUT2D eigenvalue weighted by molar-refractivity contribution is 0.0475. The highest BCUT2D eigenvalue weighted by atomic mass is 16.5. The van der Waals surface area contributed by atoms with Gasteiger partial charge >= 0.3 is 0 Å². The SMILES string of the molecule is COc1ccc(C(=O)Nc2ccc3c(c2)C(=O)N(C[C@@H]2CCCO2)C3=O)cc1OC. The molecule has 1 saturated heterocycles. The molecule has 1 atom stereocenters. The molecule has 0 unspecified atom stereocenters. The second kappa shape index (κ2) is 8.16. The maximum absolute atomic E-state index is 12.8. The topological polar surface area (TPSA) is 94.2 Å². The number of rotatable bonds is 6. The zero-order valence-electron chi connectivity index (χ0n) is 16.8. The molecule has 0 bridgehead atoms. The summed E-state index contributed by atoms with van der Waals surface area (Å²) in [5.74, 6) is -0.119. The Labute approximate surface area is 173 Å². The van der Waals surface area contributed by atoms with E-state index in [1.165, 1.54) is 25.2 Å². The Morgan fingerprint density at radius 3 is 2.53 bits per heavy atom. The molecule has 2 aromatic rings. The standard InChI is InChI=1S/C22H22N2O6/c1-28-18-8-5-13(10-19(18)29-2)20(25)23-14-6-7-16-17(11-14)22(27)24(21(16)26)12-15-4-3-9-30-15/h5-8,10-11,15H,3-4,9,12H2,1-2H3,(H,23,25)/t15-/m0/s1. The smallest absolute Gasteiger partial charge is 0.261 e. The highest BCUT2D eigenvalue weighted by molar-refractivity contribution is 6.22. The molecule has 2 aliphatic heterocycles. The minimum Gasteiger partial charge on any atom is -0.493 e. The van der Waals surface area contributed by atoms with Crippen LogP contribution in [0.1, 0.15) is 43.9 Å². The van der Waals surface area contributed by atoms with E-state index < -0.39 is 0 Å². The number of anilines is 1. The first kappa shape index (κ1) is 19.9. The van der Waals surface area contributed by atoms with Crippen molar-refractivity contribution in [2.45, 2.75) is 18.9 Å². The third-order valence-corrected chi connectivity index (χ3v) is 5.28. The molecule has 4 rings (SSSR count). The Morgan fingerprint density at radius 2 is 1.83 bits per heavy atom. The fourth-order valence-corrected chi connectivity index (χ4v) is 3.71. The van der Waals surface area contributed by atoms with Gasteiger partial charge in [-0.3, -0.25) is 19.3 Å². The van der Waals surface area contributed by atoms with Crippen LogP contribution < -0.4 is 14.8 Å². The fraction of sp³-hybridized carbons (Fsp3) is 0.318. The molecule has 1 N–H and O–H groups in total. The van der Waals surface area contributed by atoms with Crippen LogP contribution in [-0.2, 0) is 4.74 Å². The van der Waals surface area contributed by atoms with Crippen LogP contribution in [0.3, 0.4) is 0 Å². The summed E-state index contributed by atoms with van der Waals surface area (Å²) >= 11 is 0. The zero-order chi connectivity index (χ0) is 21.3. The van der Waals surface area contributed by atoms with Crippen molar-refractivity contribution in [3.8, 4) is 11.5 Å². The van der Waals surface area contributed by atoms with Gasteiger partial charge in [0, 0.05) is 17.9 Å². The molecule has 30 heavy (non-hydrogen) atoms. The van der Waals surface area contributed by atoms with Crippen molar-refractivity contribution in [2.75, 3.05) is 32.7 Å². The summed E-state index contributed by atoms with van der Waals surface area (Å²) in [5, 5.41) is 2.76. The molecule has 8 nitrogen and oxygen atoms in total. The van der Waals surface area contributed by atoms with Crippen LogP contribution in [0, 0.1) is 0 Å². The van der Waals surface area contributed by atoms with Crippen LogP contribution in [0.25, 0.3) is 0 Å². The van der Waals surface area contributed by atoms with Crippen LogP contribution in [0.5, 0.6) is 11.5 Å². The Morgan fingerprint density at radius 1 is 1.07 bits per heavy atom. The third kappa shape index (κ3) is 3.61. The Hall–Kier alpha value is -3.39. The van der Waals surface area contributed by atoms with E-state index in [1.807, 2.05) is 0 Å². The molecular formula is C22H22N2O6. The van der Waals surface area contributed by atoms with Crippen molar-refractivity contribution in [3.05, 3.63) is 53.1 Å². The summed E-state index contributed by atoms with van der Waals surface area (Å²) in [6, 6.07) is 9.53. The predicted molar refractivity (Wildman–Crippen MR) is 108 cm³/mol. The number of hydrogen-bond donors (Lipinski definition) is 1. The molecule has 156 valence electrons. The monoisotopic (exact) mass is 410 g/mol. The summed E-state index contributed by atoms with van der Waals surface area (Å²) in [5.41, 5.74) is 1.41. The first-order valence-electron chi connectivity index (χ1n) is 9.67. The van der Waals surface area contributed by atoms with Crippen molar-refractivity contribution >= 4 is 23.4 Å². The number of benzene rings is 2. The van der Waals surface area contributed by atoms with Crippen molar-refractivity contribution in [1.29, 1.82) is 0 Å². The van der Waals surface area contributed by atoms with Gasteiger partial charge in [0.2, 0.25) is 0 Å². The van der Waals surface area contributed by atoms with Crippen LogP contribution in [-0.4, -0.2) is 56.1 Å². The van der Waals surface area contributed by atoms with E-state index in [1.54, 1.807) is 30.3 Å². The van der Waals surface area contributed by atoms with Gasteiger partial charge in [-0.2, -0.15) is 0 Å². The van der Waals surface area contributed by atoms with Gasteiger partial charge < -0.3 is 19.5 Å². The molecule has 0 radical (unpaired) electrons. The molecule has 1 fully saturated rings. The minimum absolute atomic E-state index is 0.114. The summed E-state index contributed by atoms with van der Waals surface area (Å²) in [6.45, 7) is 0.903. The lowest BCUT2D eigenvalue weighted by Crippen LogP contribution is -2.36. The number of methoxy groups -OCH3 is 2. The number of carbonyl (C=O) groups is 3. The number of carbonyl (C=O) groups excluding carboxylic acids is 3. The van der Waals surface area contributed by atoms with Gasteiger partial charge in [0.15, 0.2) is 11.5 Å². The first-order chi connectivity index (χ1) is 14.5. The van der Waals surface area contributed by atoms with E-state index in [4.69, 9.17) is 14.2 Å². The summed E-state index contributed by atoms with van der Waals surface area (Å²) in [4.78, 5) is 39.2. The summed E-state index contributed by atoms with van der Waals surface area (Å²) in [6.07, 6.45) is 1.65. The summed E-state index contributed by atoms with van der Waals surface area (Å²) in [7, 11) is 3.01. The molecule has 8 heteroatoms. The highest BCUT2D eigenvalue weighted by Crippen LogP contribution is 2.29. The third-order valence-electron chi connectivity index (χ3n) is 5.28. The molecule has 0 aliphatic carbocycles. The van der Waals surface area contributed by atoms with E-state index in [-0.39, 0.29) is 35.9 Å².